The number of phenolic OH excluding ortho intramolecular Hbond substituents is 2. The lowest BCUT2D eigenvalue weighted by molar-refractivity contribution is 0.402. The van der Waals surface area contributed by atoms with Crippen molar-refractivity contribution in [3.05, 3.63) is 45.6 Å². The Morgan fingerprint density at radius 3 is 2.95 bits per heavy atom. The van der Waals surface area contributed by atoms with Crippen LogP contribution in [0.2, 0.25) is 0 Å². The molecule has 0 aliphatic heterocycles. The van der Waals surface area contributed by atoms with E-state index in [1.54, 1.807) is 6.07 Å². The molecule has 1 aliphatic rings. The van der Waals surface area contributed by atoms with Crippen LogP contribution in [0.4, 0.5) is 0 Å². The van der Waals surface area contributed by atoms with E-state index in [1.807, 2.05) is 17.4 Å². The quantitative estimate of drug-likeness (QED) is 0.753. The van der Waals surface area contributed by atoms with Gasteiger partial charge in [-0.25, -0.2) is 0 Å². The van der Waals surface area contributed by atoms with Gasteiger partial charge in [0.1, 0.15) is 0 Å². The third kappa shape index (κ3) is 2.60. The Morgan fingerprint density at radius 1 is 1.21 bits per heavy atom. The van der Waals surface area contributed by atoms with Crippen LogP contribution in [0, 0.1) is 0 Å². The maximum Gasteiger partial charge on any atom is 0.157 e. The topological polar surface area (TPSA) is 52.5 Å². The van der Waals surface area contributed by atoms with E-state index in [0.29, 0.717) is 12.6 Å². The van der Waals surface area contributed by atoms with Crippen molar-refractivity contribution in [3.63, 3.8) is 0 Å². The molecular weight excluding hydrogens is 258 g/mol. The molecule has 1 heterocycles. The van der Waals surface area contributed by atoms with Crippen LogP contribution in [0.1, 0.15) is 34.9 Å². The van der Waals surface area contributed by atoms with Gasteiger partial charge >= 0.3 is 0 Å². The van der Waals surface area contributed by atoms with Gasteiger partial charge in [0.15, 0.2) is 11.5 Å². The number of phenols is 2. The summed E-state index contributed by atoms with van der Waals surface area (Å²) in [4.78, 5) is 1.50. The zero-order chi connectivity index (χ0) is 13.2. The molecular formula is C15H17NO2S. The fourth-order valence-electron chi connectivity index (χ4n) is 2.62. The Bertz CT molecular complexity index is 579. The van der Waals surface area contributed by atoms with Crippen LogP contribution in [0.5, 0.6) is 11.5 Å². The van der Waals surface area contributed by atoms with Gasteiger partial charge in [-0.1, -0.05) is 6.07 Å². The molecule has 0 bridgehead atoms. The van der Waals surface area contributed by atoms with E-state index >= 15 is 0 Å². The van der Waals surface area contributed by atoms with Gasteiger partial charge < -0.3 is 15.5 Å². The number of hydrogen-bond donors (Lipinski definition) is 3. The van der Waals surface area contributed by atoms with Crippen LogP contribution in [0.15, 0.2) is 29.6 Å². The first-order valence-electron chi connectivity index (χ1n) is 6.54. The largest absolute Gasteiger partial charge is 0.504 e. The van der Waals surface area contributed by atoms with E-state index in [0.717, 1.165) is 12.0 Å². The minimum absolute atomic E-state index is 0.0563. The first-order chi connectivity index (χ1) is 9.24. The second-order valence-corrected chi connectivity index (χ2v) is 5.95. The number of fused-ring (bicyclic) bond motifs is 1. The van der Waals surface area contributed by atoms with E-state index in [-0.39, 0.29) is 11.5 Å². The molecule has 0 spiro atoms. The molecule has 2 aromatic rings. The van der Waals surface area contributed by atoms with Crippen molar-refractivity contribution in [1.29, 1.82) is 0 Å². The summed E-state index contributed by atoms with van der Waals surface area (Å²) in [6, 6.07) is 7.60. The van der Waals surface area contributed by atoms with Crippen LogP contribution in [0.3, 0.4) is 0 Å². The molecule has 3 nitrogen and oxygen atoms in total. The van der Waals surface area contributed by atoms with Crippen molar-refractivity contribution in [3.8, 4) is 11.5 Å². The second-order valence-electron chi connectivity index (χ2n) is 4.95. The summed E-state index contributed by atoms with van der Waals surface area (Å²) < 4.78 is 0. The third-order valence-corrected chi connectivity index (χ3v) is 4.64. The molecule has 3 rings (SSSR count). The van der Waals surface area contributed by atoms with Crippen molar-refractivity contribution in [1.82, 2.24) is 5.32 Å². The predicted octanol–water partition coefficient (Wildman–Crippen LogP) is 3.33. The molecule has 1 aromatic heterocycles. The molecule has 1 unspecified atom stereocenters. The maximum absolute atomic E-state index is 9.49. The Kier molecular flexibility index (Phi) is 3.44. The summed E-state index contributed by atoms with van der Waals surface area (Å²) in [5.74, 6) is -0.124. The standard InChI is InChI=1S/C15H17NO2S/c17-13-5-4-10(8-14(13)18)9-16-12-2-1-3-15-11(12)6-7-19-15/h4-8,12,16-18H,1-3,9H2. The second kappa shape index (κ2) is 5.23. The number of rotatable bonds is 3. The van der Waals surface area contributed by atoms with Gasteiger partial charge in [-0.05, 0) is 54.0 Å². The summed E-state index contributed by atoms with van der Waals surface area (Å²) in [6.45, 7) is 0.702. The summed E-state index contributed by atoms with van der Waals surface area (Å²) in [6.07, 6.45) is 3.59. The van der Waals surface area contributed by atoms with Crippen LogP contribution in [0.25, 0.3) is 0 Å². The zero-order valence-electron chi connectivity index (χ0n) is 10.6. The average molecular weight is 275 g/mol. The molecule has 1 aromatic carbocycles. The molecule has 1 atom stereocenters. The average Bonchev–Trinajstić information content (AvgIpc) is 2.89. The van der Waals surface area contributed by atoms with Gasteiger partial charge in [0.2, 0.25) is 0 Å². The highest BCUT2D eigenvalue weighted by Crippen LogP contribution is 2.33. The van der Waals surface area contributed by atoms with Crippen LogP contribution in [-0.2, 0) is 13.0 Å². The molecule has 0 saturated carbocycles. The maximum atomic E-state index is 9.49. The van der Waals surface area contributed by atoms with Gasteiger partial charge in [-0.2, -0.15) is 0 Å². The predicted molar refractivity (Wildman–Crippen MR) is 76.6 cm³/mol. The fraction of sp³-hybridized carbons (Fsp3) is 0.333. The van der Waals surface area contributed by atoms with Gasteiger partial charge in [0.05, 0.1) is 0 Å². The molecule has 0 fully saturated rings. The summed E-state index contributed by atoms with van der Waals surface area (Å²) in [5, 5.41) is 24.5. The van der Waals surface area contributed by atoms with Crippen LogP contribution in [-0.4, -0.2) is 10.2 Å². The molecule has 4 heteroatoms. The van der Waals surface area contributed by atoms with E-state index in [9.17, 15) is 10.2 Å². The SMILES string of the molecule is Oc1ccc(CNC2CCCc3sccc32)cc1O. The monoisotopic (exact) mass is 275 g/mol. The molecule has 1 aliphatic carbocycles. The van der Waals surface area contributed by atoms with E-state index < -0.39 is 0 Å². The molecule has 3 N–H and O–H groups in total. The van der Waals surface area contributed by atoms with E-state index in [2.05, 4.69) is 16.8 Å². The molecule has 100 valence electrons. The minimum atomic E-state index is -0.0680. The highest BCUT2D eigenvalue weighted by atomic mass is 32.1. The number of hydrogen-bond acceptors (Lipinski definition) is 4. The van der Waals surface area contributed by atoms with Crippen molar-refractivity contribution >= 4 is 11.3 Å². The number of benzene rings is 1. The van der Waals surface area contributed by atoms with Crippen LogP contribution < -0.4 is 5.32 Å². The fourth-order valence-corrected chi connectivity index (χ4v) is 3.61. The van der Waals surface area contributed by atoms with E-state index in [1.165, 1.54) is 29.3 Å². The first-order valence-corrected chi connectivity index (χ1v) is 7.42. The molecule has 19 heavy (non-hydrogen) atoms. The van der Waals surface area contributed by atoms with Gasteiger partial charge in [-0.15, -0.1) is 11.3 Å². The number of aromatic hydroxyl groups is 2. The zero-order valence-corrected chi connectivity index (χ0v) is 11.4. The highest BCUT2D eigenvalue weighted by molar-refractivity contribution is 7.10. The van der Waals surface area contributed by atoms with Crippen molar-refractivity contribution < 1.29 is 10.2 Å². The van der Waals surface area contributed by atoms with Gasteiger partial charge in [0.25, 0.3) is 0 Å². The summed E-state index contributed by atoms with van der Waals surface area (Å²) >= 11 is 1.84. The Labute approximate surface area is 116 Å². The van der Waals surface area contributed by atoms with Crippen LogP contribution >= 0.6 is 11.3 Å². The first kappa shape index (κ1) is 12.5. The summed E-state index contributed by atoms with van der Waals surface area (Å²) in [7, 11) is 0. The Hall–Kier alpha value is -1.52. The smallest absolute Gasteiger partial charge is 0.157 e. The molecule has 0 amide bonds. The number of nitrogens with one attached hydrogen (secondary N) is 1. The Balaban J connectivity index is 1.69. The molecule has 0 radical (unpaired) electrons. The highest BCUT2D eigenvalue weighted by Gasteiger charge is 2.20. The normalized spacial score (nSPS) is 18.2. The van der Waals surface area contributed by atoms with E-state index in [4.69, 9.17) is 0 Å². The lowest BCUT2D eigenvalue weighted by Gasteiger charge is -2.24. The van der Waals surface area contributed by atoms with Crippen molar-refractivity contribution in [2.45, 2.75) is 31.8 Å². The number of aryl methyl sites for hydroxylation is 1. The Morgan fingerprint density at radius 2 is 2.11 bits per heavy atom. The van der Waals surface area contributed by atoms with Gasteiger partial charge in [0, 0.05) is 17.5 Å². The lowest BCUT2D eigenvalue weighted by atomic mass is 9.94. The number of thiophene rings is 1. The van der Waals surface area contributed by atoms with Crippen molar-refractivity contribution in [2.75, 3.05) is 0 Å². The van der Waals surface area contributed by atoms with Crippen molar-refractivity contribution in [2.24, 2.45) is 0 Å². The molecule has 0 saturated heterocycles. The van der Waals surface area contributed by atoms with Gasteiger partial charge in [-0.3, -0.25) is 0 Å². The lowest BCUT2D eigenvalue weighted by Crippen LogP contribution is -2.23. The third-order valence-electron chi connectivity index (χ3n) is 3.64. The summed E-state index contributed by atoms with van der Waals surface area (Å²) in [5.41, 5.74) is 2.41. The minimum Gasteiger partial charge on any atom is -0.504 e.